The number of halogens is 9. The van der Waals surface area contributed by atoms with E-state index in [2.05, 4.69) is 11.6 Å². The molecule has 0 radical (unpaired) electrons. The molecule has 1 N–H and O–H groups in total. The summed E-state index contributed by atoms with van der Waals surface area (Å²) in [5.41, 5.74) is -1.47. The van der Waals surface area contributed by atoms with E-state index in [1.807, 2.05) is 0 Å². The molecule has 0 spiro atoms. The highest BCUT2D eigenvalue weighted by Gasteiger charge is 2.75. The second-order valence-electron chi connectivity index (χ2n) is 3.70. The maximum absolute atomic E-state index is 13.1. The van der Waals surface area contributed by atoms with Gasteiger partial charge < -0.3 is 5.32 Å². The summed E-state index contributed by atoms with van der Waals surface area (Å²) in [6.45, 7) is 0. The third-order valence-electron chi connectivity index (χ3n) is 2.30. The van der Waals surface area contributed by atoms with Crippen molar-refractivity contribution in [3.63, 3.8) is 0 Å². The van der Waals surface area contributed by atoms with Crippen molar-refractivity contribution < 1.29 is 39.9 Å². The van der Waals surface area contributed by atoms with Gasteiger partial charge >= 0.3 is 17.2 Å². The van der Waals surface area contributed by atoms with Crippen molar-refractivity contribution in [2.75, 3.05) is 5.32 Å². The van der Waals surface area contributed by atoms with Crippen molar-refractivity contribution in [1.29, 1.82) is 0 Å². The Morgan fingerprint density at radius 3 is 1.67 bits per heavy atom. The smallest absolute Gasteiger partial charge is 0.319 e. The lowest BCUT2D eigenvalue weighted by atomic mass is 10.1. The van der Waals surface area contributed by atoms with Crippen LogP contribution in [0.25, 0.3) is 0 Å². The minimum atomic E-state index is -6.24. The van der Waals surface area contributed by atoms with E-state index < -0.39 is 40.5 Å². The predicted molar refractivity (Wildman–Crippen MR) is 55.7 cm³/mol. The van der Waals surface area contributed by atoms with Crippen LogP contribution in [-0.2, 0) is 4.79 Å². The van der Waals surface area contributed by atoms with E-state index >= 15 is 0 Å². The molecule has 0 unspecified atom stereocenters. The van der Waals surface area contributed by atoms with Crippen LogP contribution in [0, 0.1) is 11.6 Å². The highest BCUT2D eigenvalue weighted by Crippen LogP contribution is 2.48. The van der Waals surface area contributed by atoms with Gasteiger partial charge in [0.05, 0.1) is 0 Å². The Hall–Kier alpha value is -1.58. The molecule has 0 aliphatic heterocycles. The maximum atomic E-state index is 13.1. The number of benzene rings is 1. The quantitative estimate of drug-likeness (QED) is 0.639. The summed E-state index contributed by atoms with van der Waals surface area (Å²) in [7, 11) is 0. The van der Waals surface area contributed by atoms with Gasteiger partial charge in [-0.3, -0.25) is 4.79 Å². The summed E-state index contributed by atoms with van der Waals surface area (Å²) in [5.74, 6) is -5.99. The van der Waals surface area contributed by atoms with Gasteiger partial charge in [0.1, 0.15) is 17.3 Å². The molecular weight excluding hydrogens is 338 g/mol. The van der Waals surface area contributed by atoms with Gasteiger partial charge in [0.2, 0.25) is 0 Å². The lowest BCUT2D eigenvalue weighted by molar-refractivity contribution is -0.258. The van der Waals surface area contributed by atoms with Gasteiger partial charge in [-0.2, -0.15) is 26.3 Å². The number of para-hydroxylation sites is 1. The molecule has 2 nitrogen and oxygen atoms in total. The van der Waals surface area contributed by atoms with E-state index in [9.17, 15) is 39.9 Å². The van der Waals surface area contributed by atoms with Crippen molar-refractivity contribution in [1.82, 2.24) is 0 Å². The molecule has 1 amide bonds. The van der Waals surface area contributed by atoms with Crippen molar-refractivity contribution in [2.45, 2.75) is 17.2 Å². The van der Waals surface area contributed by atoms with Crippen molar-refractivity contribution >= 4 is 23.2 Å². The average molecular weight is 342 g/mol. The van der Waals surface area contributed by atoms with Gasteiger partial charge in [0.15, 0.2) is 0 Å². The molecule has 0 bridgehead atoms. The molecule has 0 fully saturated rings. The van der Waals surface area contributed by atoms with Crippen LogP contribution in [0.2, 0.25) is 0 Å². The molecule has 0 aliphatic rings. The van der Waals surface area contributed by atoms with E-state index in [-0.39, 0.29) is 0 Å². The lowest BCUT2D eigenvalue weighted by Crippen LogP contribution is -2.60. The van der Waals surface area contributed by atoms with E-state index in [1.54, 1.807) is 0 Å². The standard InChI is InChI=1S/C10H4ClF8NO/c11-8(9(14,15)16,10(17,18)19)7(21)20-6-4(12)2-1-3-5(6)13/h1-3H,(H,20,21). The molecule has 21 heavy (non-hydrogen) atoms. The van der Waals surface area contributed by atoms with Crippen LogP contribution in [0.15, 0.2) is 18.2 Å². The highest BCUT2D eigenvalue weighted by atomic mass is 35.5. The normalized spacial score (nSPS) is 13.2. The third-order valence-corrected chi connectivity index (χ3v) is 2.90. The van der Waals surface area contributed by atoms with E-state index in [0.29, 0.717) is 12.1 Å². The first-order valence-electron chi connectivity index (χ1n) is 4.90. The fraction of sp³-hybridized carbons (Fsp3) is 0.300. The summed E-state index contributed by atoms with van der Waals surface area (Å²) in [6, 6.07) is 1.84. The number of hydrogen-bond donors (Lipinski definition) is 1. The first-order valence-corrected chi connectivity index (χ1v) is 5.28. The zero-order valence-electron chi connectivity index (χ0n) is 9.54. The van der Waals surface area contributed by atoms with Crippen LogP contribution in [-0.4, -0.2) is 23.1 Å². The Morgan fingerprint density at radius 2 is 1.33 bits per heavy atom. The summed E-state index contributed by atoms with van der Waals surface area (Å²) in [6.07, 6.45) is -12.5. The Bertz CT molecular complexity index is 519. The number of anilines is 1. The van der Waals surface area contributed by atoms with Crippen LogP contribution in [0.5, 0.6) is 0 Å². The van der Waals surface area contributed by atoms with Crippen molar-refractivity contribution in [3.8, 4) is 0 Å². The number of alkyl halides is 7. The van der Waals surface area contributed by atoms with Gasteiger partial charge in [-0.05, 0) is 12.1 Å². The predicted octanol–water partition coefficient (Wildman–Crippen LogP) is 4.01. The molecule has 11 heteroatoms. The molecule has 0 saturated heterocycles. The maximum Gasteiger partial charge on any atom is 0.425 e. The molecule has 0 saturated carbocycles. The van der Waals surface area contributed by atoms with Crippen LogP contribution in [0.4, 0.5) is 40.8 Å². The number of hydrogen-bond acceptors (Lipinski definition) is 1. The summed E-state index contributed by atoms with van der Waals surface area (Å²) < 4.78 is 101. The second kappa shape index (κ2) is 5.32. The molecule has 1 aromatic carbocycles. The average Bonchev–Trinajstić information content (AvgIpc) is 2.29. The molecule has 0 aromatic heterocycles. The Morgan fingerprint density at radius 1 is 0.952 bits per heavy atom. The minimum Gasteiger partial charge on any atom is -0.319 e. The zero-order valence-corrected chi connectivity index (χ0v) is 10.3. The fourth-order valence-corrected chi connectivity index (χ4v) is 1.28. The zero-order chi connectivity index (χ0) is 16.6. The third kappa shape index (κ3) is 3.04. The van der Waals surface area contributed by atoms with Gasteiger partial charge in [-0.15, -0.1) is 0 Å². The largest absolute Gasteiger partial charge is 0.425 e. The molecule has 0 heterocycles. The number of carbonyl (C=O) groups excluding carboxylic acids is 1. The summed E-state index contributed by atoms with van der Waals surface area (Å²) in [5, 5.41) is 0.871. The molecule has 1 aromatic rings. The van der Waals surface area contributed by atoms with Gasteiger partial charge in [-0.1, -0.05) is 17.7 Å². The van der Waals surface area contributed by atoms with Gasteiger partial charge in [-0.25, -0.2) is 8.78 Å². The van der Waals surface area contributed by atoms with Gasteiger partial charge in [0, 0.05) is 0 Å². The molecule has 118 valence electrons. The van der Waals surface area contributed by atoms with Crippen molar-refractivity contribution in [3.05, 3.63) is 29.8 Å². The Balaban J connectivity index is 3.28. The van der Waals surface area contributed by atoms with Crippen molar-refractivity contribution in [2.24, 2.45) is 0 Å². The van der Waals surface area contributed by atoms with Crippen LogP contribution in [0.1, 0.15) is 0 Å². The number of amides is 1. The Labute approximate surface area is 116 Å². The molecule has 1 rings (SSSR count). The minimum absolute atomic E-state index is 0.524. The first-order chi connectivity index (χ1) is 9.32. The van der Waals surface area contributed by atoms with Crippen LogP contribution < -0.4 is 5.32 Å². The van der Waals surface area contributed by atoms with Crippen LogP contribution in [0.3, 0.4) is 0 Å². The van der Waals surface area contributed by atoms with Gasteiger partial charge in [0.25, 0.3) is 5.91 Å². The second-order valence-corrected chi connectivity index (χ2v) is 4.27. The number of nitrogens with one attached hydrogen (secondary N) is 1. The SMILES string of the molecule is O=C(Nc1c(F)cccc1F)C(Cl)(C(F)(F)F)C(F)(F)F. The topological polar surface area (TPSA) is 29.1 Å². The van der Waals surface area contributed by atoms with E-state index in [0.717, 1.165) is 11.4 Å². The molecule has 0 aliphatic carbocycles. The summed E-state index contributed by atoms with van der Waals surface area (Å²) >= 11 is 4.39. The number of rotatable bonds is 2. The molecular formula is C10H4ClF8NO. The first kappa shape index (κ1) is 17.5. The summed E-state index contributed by atoms with van der Waals surface area (Å²) in [4.78, 5) is 5.88. The number of carbonyl (C=O) groups is 1. The van der Waals surface area contributed by atoms with E-state index in [4.69, 9.17) is 0 Å². The monoisotopic (exact) mass is 341 g/mol. The van der Waals surface area contributed by atoms with Crippen LogP contribution >= 0.6 is 11.6 Å². The highest BCUT2D eigenvalue weighted by molar-refractivity contribution is 6.38. The lowest BCUT2D eigenvalue weighted by Gasteiger charge is -2.30. The molecule has 0 atom stereocenters. The Kier molecular flexibility index (Phi) is 4.42. The van der Waals surface area contributed by atoms with E-state index in [1.165, 1.54) is 0 Å². The fourth-order valence-electron chi connectivity index (χ4n) is 1.24.